The number of benzene rings is 2. The molecule has 2 aromatic rings. The molecule has 0 amide bonds. The van der Waals surface area contributed by atoms with Crippen LogP contribution < -0.4 is 0 Å². The molecule has 0 atom stereocenters. The maximum Gasteiger partial charge on any atom is 0.267 e. The van der Waals surface area contributed by atoms with E-state index >= 15 is 0 Å². The first-order valence-electron chi connectivity index (χ1n) is 11.3. The summed E-state index contributed by atoms with van der Waals surface area (Å²) >= 11 is 0. The summed E-state index contributed by atoms with van der Waals surface area (Å²) in [5.41, 5.74) is 1.66. The Hall–Kier alpha value is -2.03. The number of alkyl halides is 2. The second kappa shape index (κ2) is 10.8. The molecule has 1 aliphatic rings. The Morgan fingerprint density at radius 3 is 2.17 bits per heavy atom. The van der Waals surface area contributed by atoms with Crippen LogP contribution in [-0.4, -0.2) is 0 Å². The van der Waals surface area contributed by atoms with Crippen LogP contribution in [0.15, 0.2) is 42.5 Å². The molecule has 3 rings (SSSR count). The van der Waals surface area contributed by atoms with E-state index in [4.69, 9.17) is 0 Å². The highest BCUT2D eigenvalue weighted by molar-refractivity contribution is 5.71. The third kappa shape index (κ3) is 5.77. The monoisotopic (exact) mass is 414 g/mol. The van der Waals surface area contributed by atoms with Crippen LogP contribution in [-0.2, 0) is 0 Å². The van der Waals surface area contributed by atoms with E-state index in [1.54, 1.807) is 30.3 Å². The van der Waals surface area contributed by atoms with Gasteiger partial charge in [-0.2, -0.15) is 0 Å². The maximum atomic E-state index is 14.9. The van der Waals surface area contributed by atoms with Crippen LogP contribution in [0.4, 0.5) is 13.2 Å². The molecule has 0 aromatic heterocycles. The minimum Gasteiger partial charge on any atom is -0.206 e. The van der Waals surface area contributed by atoms with Crippen LogP contribution in [0, 0.1) is 24.6 Å². The van der Waals surface area contributed by atoms with Crippen molar-refractivity contribution in [3.63, 3.8) is 0 Å². The highest BCUT2D eigenvalue weighted by atomic mass is 19.3. The molecule has 0 saturated heterocycles. The molecule has 0 heterocycles. The molecule has 162 valence electrons. The molecule has 1 fully saturated rings. The summed E-state index contributed by atoms with van der Waals surface area (Å²) < 4.78 is 42.3. The molecule has 30 heavy (non-hydrogen) atoms. The highest BCUT2D eigenvalue weighted by Crippen LogP contribution is 2.36. The van der Waals surface area contributed by atoms with E-state index in [1.807, 2.05) is 25.1 Å². The molecule has 1 aliphatic carbocycles. The summed E-state index contributed by atoms with van der Waals surface area (Å²) in [6, 6.07) is 10.5. The van der Waals surface area contributed by atoms with Crippen molar-refractivity contribution < 1.29 is 13.2 Å². The second-order valence-corrected chi connectivity index (χ2v) is 8.75. The first-order valence-corrected chi connectivity index (χ1v) is 11.3. The van der Waals surface area contributed by atoms with E-state index in [9.17, 15) is 13.2 Å². The fourth-order valence-corrected chi connectivity index (χ4v) is 4.70. The predicted molar refractivity (Wildman–Crippen MR) is 120 cm³/mol. The summed E-state index contributed by atoms with van der Waals surface area (Å²) in [6.07, 6.45) is 10.6. The molecule has 0 spiro atoms. The van der Waals surface area contributed by atoms with Gasteiger partial charge in [-0.15, -0.1) is 0 Å². The number of halogens is 3. The van der Waals surface area contributed by atoms with Gasteiger partial charge in [0.15, 0.2) is 0 Å². The van der Waals surface area contributed by atoms with E-state index in [2.05, 4.69) is 6.92 Å². The average molecular weight is 415 g/mol. The minimum atomic E-state index is -2.85. The SMILES string of the molecule is CCCC1CCC(CCC=Cc2ccc(-c3ccc(C)cc3)c(C(F)F)c2F)CC1. The van der Waals surface area contributed by atoms with Crippen LogP contribution in [0.2, 0.25) is 0 Å². The van der Waals surface area contributed by atoms with Crippen molar-refractivity contribution in [1.82, 2.24) is 0 Å². The van der Waals surface area contributed by atoms with Crippen molar-refractivity contribution in [1.29, 1.82) is 0 Å². The lowest BCUT2D eigenvalue weighted by atomic mass is 9.78. The van der Waals surface area contributed by atoms with E-state index in [-0.39, 0.29) is 11.1 Å². The molecular weight excluding hydrogens is 381 g/mol. The molecule has 0 N–H and O–H groups in total. The van der Waals surface area contributed by atoms with Gasteiger partial charge in [-0.25, -0.2) is 13.2 Å². The van der Waals surface area contributed by atoms with Gasteiger partial charge in [0.1, 0.15) is 5.82 Å². The van der Waals surface area contributed by atoms with Gasteiger partial charge < -0.3 is 0 Å². The molecule has 3 heteroatoms. The fraction of sp³-hybridized carbons (Fsp3) is 0.481. The van der Waals surface area contributed by atoms with Crippen molar-refractivity contribution in [2.75, 3.05) is 0 Å². The first-order chi connectivity index (χ1) is 14.5. The minimum absolute atomic E-state index is 0.243. The lowest BCUT2D eigenvalue weighted by Gasteiger charge is -2.28. The van der Waals surface area contributed by atoms with Gasteiger partial charge in [-0.3, -0.25) is 0 Å². The Kier molecular flexibility index (Phi) is 8.18. The van der Waals surface area contributed by atoms with E-state index < -0.39 is 17.8 Å². The van der Waals surface area contributed by atoms with E-state index in [0.717, 1.165) is 30.2 Å². The summed E-state index contributed by atoms with van der Waals surface area (Å²) in [7, 11) is 0. The lowest BCUT2D eigenvalue weighted by molar-refractivity contribution is 0.147. The predicted octanol–water partition coefficient (Wildman–Crippen LogP) is 9.14. The van der Waals surface area contributed by atoms with Crippen LogP contribution in [0.25, 0.3) is 17.2 Å². The third-order valence-electron chi connectivity index (χ3n) is 6.49. The number of allylic oxidation sites excluding steroid dienone is 1. The maximum absolute atomic E-state index is 14.9. The molecule has 0 bridgehead atoms. The quantitative estimate of drug-likeness (QED) is 0.404. The number of rotatable bonds is 8. The molecule has 0 nitrogen and oxygen atoms in total. The highest BCUT2D eigenvalue weighted by Gasteiger charge is 2.22. The van der Waals surface area contributed by atoms with Crippen molar-refractivity contribution in [3.05, 3.63) is 65.0 Å². The zero-order chi connectivity index (χ0) is 21.5. The van der Waals surface area contributed by atoms with Gasteiger partial charge in [0.2, 0.25) is 0 Å². The zero-order valence-electron chi connectivity index (χ0n) is 18.1. The van der Waals surface area contributed by atoms with E-state index in [1.165, 1.54) is 38.5 Å². The smallest absolute Gasteiger partial charge is 0.206 e. The summed E-state index contributed by atoms with van der Waals surface area (Å²) in [5.74, 6) is 0.836. The summed E-state index contributed by atoms with van der Waals surface area (Å²) in [5, 5.41) is 0. The largest absolute Gasteiger partial charge is 0.267 e. The van der Waals surface area contributed by atoms with E-state index in [0.29, 0.717) is 5.56 Å². The fourth-order valence-electron chi connectivity index (χ4n) is 4.70. The molecular formula is C27H33F3. The van der Waals surface area contributed by atoms with Gasteiger partial charge in [0.25, 0.3) is 6.43 Å². The Morgan fingerprint density at radius 2 is 1.57 bits per heavy atom. The molecule has 2 aromatic carbocycles. The van der Waals surface area contributed by atoms with Gasteiger partial charge in [-0.05, 0) is 42.7 Å². The normalized spacial score (nSPS) is 19.7. The van der Waals surface area contributed by atoms with Crippen molar-refractivity contribution in [2.45, 2.75) is 71.6 Å². The Labute approximate surface area is 179 Å². The van der Waals surface area contributed by atoms with Crippen LogP contribution >= 0.6 is 0 Å². The summed E-state index contributed by atoms with van der Waals surface area (Å²) in [6.45, 7) is 4.19. The van der Waals surface area contributed by atoms with Crippen molar-refractivity contribution in [2.24, 2.45) is 11.8 Å². The Balaban J connectivity index is 1.65. The molecule has 0 aliphatic heterocycles. The summed E-state index contributed by atoms with van der Waals surface area (Å²) in [4.78, 5) is 0. The van der Waals surface area contributed by atoms with Crippen LogP contribution in [0.5, 0.6) is 0 Å². The standard InChI is InChI=1S/C27H33F3/c1-3-6-20-11-13-21(14-12-20)7-4-5-8-23-17-18-24(25(26(23)28)27(29)30)22-15-9-19(2)10-16-22/h5,8-10,15-18,20-21,27H,3-4,6-7,11-14H2,1-2H3. The first kappa shape index (κ1) is 22.7. The zero-order valence-corrected chi connectivity index (χ0v) is 18.1. The Morgan fingerprint density at radius 1 is 0.933 bits per heavy atom. The molecule has 0 unspecified atom stereocenters. The number of aryl methyl sites for hydroxylation is 1. The van der Waals surface area contributed by atoms with Crippen LogP contribution in [0.1, 0.15) is 81.4 Å². The topological polar surface area (TPSA) is 0 Å². The Bertz CT molecular complexity index is 828. The van der Waals surface area contributed by atoms with Gasteiger partial charge in [-0.1, -0.05) is 99.6 Å². The van der Waals surface area contributed by atoms with Gasteiger partial charge >= 0.3 is 0 Å². The lowest BCUT2D eigenvalue weighted by Crippen LogP contribution is -2.14. The third-order valence-corrected chi connectivity index (χ3v) is 6.49. The van der Waals surface area contributed by atoms with Gasteiger partial charge in [0.05, 0.1) is 5.56 Å². The van der Waals surface area contributed by atoms with Crippen LogP contribution in [0.3, 0.4) is 0 Å². The molecule has 1 saturated carbocycles. The van der Waals surface area contributed by atoms with Gasteiger partial charge in [0, 0.05) is 5.56 Å². The number of hydrogen-bond acceptors (Lipinski definition) is 0. The molecule has 0 radical (unpaired) electrons. The number of hydrogen-bond donors (Lipinski definition) is 0. The van der Waals surface area contributed by atoms with Crippen molar-refractivity contribution in [3.8, 4) is 11.1 Å². The van der Waals surface area contributed by atoms with Crippen molar-refractivity contribution >= 4 is 6.08 Å². The second-order valence-electron chi connectivity index (χ2n) is 8.75. The average Bonchev–Trinajstić information content (AvgIpc) is 2.73.